The van der Waals surface area contributed by atoms with Crippen molar-refractivity contribution in [2.45, 2.75) is 32.2 Å². The Labute approximate surface area is 167 Å². The molecule has 2 N–H and O–H groups in total. The SMILES string of the molecule is CCC1CN2CCC1CC2CNC(=O)Nc1ccc(Oc2ccccc2)cc1. The Kier molecular flexibility index (Phi) is 5.81. The summed E-state index contributed by atoms with van der Waals surface area (Å²) in [5, 5.41) is 5.96. The number of para-hydroxylation sites is 1. The zero-order valence-electron chi connectivity index (χ0n) is 16.4. The van der Waals surface area contributed by atoms with Gasteiger partial charge in [0.05, 0.1) is 0 Å². The summed E-state index contributed by atoms with van der Waals surface area (Å²) >= 11 is 0. The normalized spacial score (nSPS) is 25.9. The molecule has 4 atom stereocenters. The van der Waals surface area contributed by atoms with Crippen LogP contribution >= 0.6 is 0 Å². The van der Waals surface area contributed by atoms with E-state index < -0.39 is 0 Å². The second kappa shape index (κ2) is 8.65. The van der Waals surface area contributed by atoms with Crippen LogP contribution in [0.1, 0.15) is 26.2 Å². The predicted molar refractivity (Wildman–Crippen MR) is 112 cm³/mol. The fourth-order valence-corrected chi connectivity index (χ4v) is 4.54. The van der Waals surface area contributed by atoms with Gasteiger partial charge in [-0.25, -0.2) is 4.79 Å². The maximum atomic E-state index is 12.3. The van der Waals surface area contributed by atoms with E-state index in [1.54, 1.807) is 0 Å². The highest BCUT2D eigenvalue weighted by molar-refractivity contribution is 5.89. The summed E-state index contributed by atoms with van der Waals surface area (Å²) in [4.78, 5) is 14.8. The molecule has 3 heterocycles. The Hall–Kier alpha value is -2.53. The molecule has 5 rings (SSSR count). The quantitative estimate of drug-likeness (QED) is 0.763. The molecule has 2 bridgehead atoms. The molecule has 3 aliphatic heterocycles. The number of carbonyl (C=O) groups excluding carboxylic acids is 1. The van der Waals surface area contributed by atoms with Gasteiger partial charge in [0, 0.05) is 24.8 Å². The third kappa shape index (κ3) is 4.47. The van der Waals surface area contributed by atoms with Gasteiger partial charge in [0.1, 0.15) is 11.5 Å². The summed E-state index contributed by atoms with van der Waals surface area (Å²) in [6, 6.07) is 17.4. The molecular weight excluding hydrogens is 350 g/mol. The van der Waals surface area contributed by atoms with E-state index in [2.05, 4.69) is 22.5 Å². The van der Waals surface area contributed by atoms with Crippen molar-refractivity contribution in [3.05, 3.63) is 54.6 Å². The minimum absolute atomic E-state index is 0.147. The zero-order valence-corrected chi connectivity index (χ0v) is 16.4. The Morgan fingerprint density at radius 1 is 1.11 bits per heavy atom. The number of hydrogen-bond acceptors (Lipinski definition) is 3. The lowest BCUT2D eigenvalue weighted by atomic mass is 9.74. The topological polar surface area (TPSA) is 53.6 Å². The molecule has 5 heteroatoms. The van der Waals surface area contributed by atoms with Crippen LogP contribution in [0.3, 0.4) is 0 Å². The van der Waals surface area contributed by atoms with Gasteiger partial charge in [-0.15, -0.1) is 0 Å². The van der Waals surface area contributed by atoms with Gasteiger partial charge in [0.15, 0.2) is 0 Å². The molecule has 4 unspecified atom stereocenters. The first-order valence-electron chi connectivity index (χ1n) is 10.3. The number of piperidine rings is 3. The van der Waals surface area contributed by atoms with Gasteiger partial charge in [0.2, 0.25) is 0 Å². The number of hydrogen-bond donors (Lipinski definition) is 2. The summed E-state index contributed by atoms with van der Waals surface area (Å²) in [7, 11) is 0. The molecule has 3 saturated heterocycles. The van der Waals surface area contributed by atoms with Crippen LogP contribution in [0.5, 0.6) is 11.5 Å². The van der Waals surface area contributed by atoms with Crippen molar-refractivity contribution in [2.24, 2.45) is 11.8 Å². The van der Waals surface area contributed by atoms with E-state index in [0.29, 0.717) is 12.6 Å². The fraction of sp³-hybridized carbons (Fsp3) is 0.435. The summed E-state index contributed by atoms with van der Waals surface area (Å²) in [5.74, 6) is 3.22. The van der Waals surface area contributed by atoms with Crippen LogP contribution < -0.4 is 15.4 Å². The zero-order chi connectivity index (χ0) is 19.3. The van der Waals surface area contributed by atoms with Gasteiger partial charge in [-0.3, -0.25) is 4.90 Å². The molecule has 2 aromatic rings. The second-order valence-electron chi connectivity index (χ2n) is 7.88. The number of fused-ring (bicyclic) bond motifs is 3. The first-order valence-corrected chi connectivity index (χ1v) is 10.3. The van der Waals surface area contributed by atoms with Crippen LogP contribution in [0.2, 0.25) is 0 Å². The van der Waals surface area contributed by atoms with E-state index in [1.807, 2.05) is 54.6 Å². The van der Waals surface area contributed by atoms with Gasteiger partial charge < -0.3 is 15.4 Å². The Bertz CT molecular complexity index is 778. The van der Waals surface area contributed by atoms with Crippen LogP contribution in [0.4, 0.5) is 10.5 Å². The average molecular weight is 380 g/mol. The molecule has 5 nitrogen and oxygen atoms in total. The third-order valence-electron chi connectivity index (χ3n) is 6.13. The standard InChI is InChI=1S/C23H29N3O2/c1-2-17-16-26-13-12-18(17)14-20(26)15-24-23(27)25-19-8-10-22(11-9-19)28-21-6-4-3-5-7-21/h3-11,17-18,20H,2,12-16H2,1H3,(H2,24,25,27). The first kappa shape index (κ1) is 18.8. The minimum Gasteiger partial charge on any atom is -0.457 e. The lowest BCUT2D eigenvalue weighted by Gasteiger charge is -2.49. The number of urea groups is 1. The van der Waals surface area contributed by atoms with Crippen LogP contribution in [0.15, 0.2) is 54.6 Å². The number of amides is 2. The van der Waals surface area contributed by atoms with E-state index in [0.717, 1.165) is 29.0 Å². The maximum Gasteiger partial charge on any atom is 0.319 e. The van der Waals surface area contributed by atoms with Crippen LogP contribution in [0, 0.1) is 11.8 Å². The monoisotopic (exact) mass is 379 g/mol. The molecule has 2 amide bonds. The van der Waals surface area contributed by atoms with Crippen molar-refractivity contribution < 1.29 is 9.53 Å². The van der Waals surface area contributed by atoms with Crippen molar-refractivity contribution in [3.8, 4) is 11.5 Å². The lowest BCUT2D eigenvalue weighted by Crippen LogP contribution is -2.56. The molecule has 3 fully saturated rings. The van der Waals surface area contributed by atoms with E-state index in [4.69, 9.17) is 4.74 Å². The smallest absolute Gasteiger partial charge is 0.319 e. The van der Waals surface area contributed by atoms with Crippen molar-refractivity contribution in [3.63, 3.8) is 0 Å². The highest BCUT2D eigenvalue weighted by Gasteiger charge is 2.38. The number of nitrogens with one attached hydrogen (secondary N) is 2. The molecule has 0 saturated carbocycles. The summed E-state index contributed by atoms with van der Waals surface area (Å²) in [6.45, 7) is 5.38. The molecule has 0 aromatic heterocycles. The molecule has 0 spiro atoms. The van der Waals surface area contributed by atoms with Crippen molar-refractivity contribution in [1.29, 1.82) is 0 Å². The summed E-state index contributed by atoms with van der Waals surface area (Å²) < 4.78 is 5.78. The highest BCUT2D eigenvalue weighted by atomic mass is 16.5. The van der Waals surface area contributed by atoms with Crippen molar-refractivity contribution in [2.75, 3.05) is 25.0 Å². The van der Waals surface area contributed by atoms with E-state index in [-0.39, 0.29) is 6.03 Å². The van der Waals surface area contributed by atoms with Gasteiger partial charge in [-0.2, -0.15) is 0 Å². The molecule has 0 radical (unpaired) electrons. The third-order valence-corrected chi connectivity index (χ3v) is 6.13. The molecule has 2 aromatic carbocycles. The summed E-state index contributed by atoms with van der Waals surface area (Å²) in [5.41, 5.74) is 0.759. The maximum absolute atomic E-state index is 12.3. The molecule has 148 valence electrons. The van der Waals surface area contributed by atoms with Crippen molar-refractivity contribution >= 4 is 11.7 Å². The first-order chi connectivity index (χ1) is 13.7. The van der Waals surface area contributed by atoms with E-state index in [1.165, 1.54) is 32.4 Å². The van der Waals surface area contributed by atoms with Crippen LogP contribution in [-0.2, 0) is 0 Å². The number of benzene rings is 2. The largest absolute Gasteiger partial charge is 0.457 e. The molecule has 0 aliphatic carbocycles. The molecular formula is C23H29N3O2. The number of nitrogens with zero attached hydrogens (tertiary/aromatic N) is 1. The Morgan fingerprint density at radius 3 is 2.54 bits per heavy atom. The number of rotatable bonds is 6. The van der Waals surface area contributed by atoms with Gasteiger partial charge >= 0.3 is 6.03 Å². The van der Waals surface area contributed by atoms with Gasteiger partial charge in [-0.05, 0) is 67.6 Å². The average Bonchev–Trinajstić information content (AvgIpc) is 2.75. The Balaban J connectivity index is 1.24. The Morgan fingerprint density at radius 2 is 1.86 bits per heavy atom. The predicted octanol–water partition coefficient (Wildman–Crippen LogP) is 4.72. The highest BCUT2D eigenvalue weighted by Crippen LogP contribution is 2.37. The molecule has 28 heavy (non-hydrogen) atoms. The van der Waals surface area contributed by atoms with Gasteiger partial charge in [-0.1, -0.05) is 31.5 Å². The van der Waals surface area contributed by atoms with E-state index >= 15 is 0 Å². The second-order valence-corrected chi connectivity index (χ2v) is 7.88. The van der Waals surface area contributed by atoms with E-state index in [9.17, 15) is 4.79 Å². The van der Waals surface area contributed by atoms with Crippen LogP contribution in [-0.4, -0.2) is 36.6 Å². The van der Waals surface area contributed by atoms with Crippen LogP contribution in [0.25, 0.3) is 0 Å². The fourth-order valence-electron chi connectivity index (χ4n) is 4.54. The number of ether oxygens (including phenoxy) is 1. The van der Waals surface area contributed by atoms with Crippen molar-refractivity contribution in [1.82, 2.24) is 10.2 Å². The number of carbonyl (C=O) groups is 1. The van der Waals surface area contributed by atoms with Gasteiger partial charge in [0.25, 0.3) is 0 Å². The minimum atomic E-state index is -0.147. The number of anilines is 1. The lowest BCUT2D eigenvalue weighted by molar-refractivity contribution is 0.00159. The molecule has 3 aliphatic rings. The summed E-state index contributed by atoms with van der Waals surface area (Å²) in [6.07, 6.45) is 3.80.